The highest BCUT2D eigenvalue weighted by atomic mass is 32.2. The number of sulfone groups is 1. The van der Waals surface area contributed by atoms with Crippen molar-refractivity contribution in [3.63, 3.8) is 0 Å². The molecule has 2 heterocycles. The number of pyridine rings is 1. The number of piperidine rings is 1. The number of hydrogen-bond acceptors (Lipinski definition) is 5. The number of nitrogens with zero attached hydrogens (tertiary/aromatic N) is 2. The van der Waals surface area contributed by atoms with Crippen LogP contribution in [0.2, 0.25) is 0 Å². The molecule has 0 aliphatic carbocycles. The van der Waals surface area contributed by atoms with Gasteiger partial charge in [-0.3, -0.25) is 0 Å². The van der Waals surface area contributed by atoms with E-state index in [1.165, 1.54) is 30.5 Å². The predicted molar refractivity (Wildman–Crippen MR) is 89.6 cm³/mol. The first-order valence-electron chi connectivity index (χ1n) is 7.86. The van der Waals surface area contributed by atoms with Gasteiger partial charge in [0.15, 0.2) is 15.7 Å². The number of halogens is 2. The molecule has 0 N–H and O–H groups in total. The summed E-state index contributed by atoms with van der Waals surface area (Å²) in [6, 6.07) is 6.70. The van der Waals surface area contributed by atoms with Gasteiger partial charge >= 0.3 is 0 Å². The van der Waals surface area contributed by atoms with Gasteiger partial charge in [0.1, 0.15) is 11.9 Å². The SMILES string of the molecule is CS(=O)(=O)c1ccc(N2CCC(Oc3ncccc3F)CC2)c(F)c1. The minimum Gasteiger partial charge on any atom is -0.472 e. The standard InChI is InChI=1S/C17H18F2N2O3S/c1-25(22,23)13-4-5-16(15(19)11-13)21-9-6-12(7-10-21)24-17-14(18)3-2-8-20-17/h2-5,8,11-12H,6-7,9-10H2,1H3. The third kappa shape index (κ3) is 4.07. The Morgan fingerprint density at radius 2 is 1.88 bits per heavy atom. The molecule has 1 aliphatic rings. The summed E-state index contributed by atoms with van der Waals surface area (Å²) in [5, 5.41) is 0. The van der Waals surface area contributed by atoms with E-state index in [9.17, 15) is 17.2 Å². The average molecular weight is 368 g/mol. The normalized spacial score (nSPS) is 16.0. The van der Waals surface area contributed by atoms with Crippen molar-refractivity contribution in [2.45, 2.75) is 23.8 Å². The molecular weight excluding hydrogens is 350 g/mol. The molecule has 25 heavy (non-hydrogen) atoms. The summed E-state index contributed by atoms with van der Waals surface area (Å²) in [7, 11) is -3.44. The van der Waals surface area contributed by atoms with Crippen LogP contribution in [-0.2, 0) is 9.84 Å². The maximum absolute atomic E-state index is 14.3. The Balaban J connectivity index is 1.65. The van der Waals surface area contributed by atoms with Gasteiger partial charge in [0.25, 0.3) is 5.88 Å². The fourth-order valence-corrected chi connectivity index (χ4v) is 3.44. The van der Waals surface area contributed by atoms with E-state index in [0.717, 1.165) is 12.3 Å². The molecule has 134 valence electrons. The van der Waals surface area contributed by atoms with Crippen LogP contribution < -0.4 is 9.64 Å². The quantitative estimate of drug-likeness (QED) is 0.831. The van der Waals surface area contributed by atoms with E-state index < -0.39 is 21.5 Å². The largest absolute Gasteiger partial charge is 0.472 e. The number of hydrogen-bond donors (Lipinski definition) is 0. The summed E-state index contributed by atoms with van der Waals surface area (Å²) >= 11 is 0. The molecule has 3 rings (SSSR count). The maximum atomic E-state index is 14.3. The van der Waals surface area contributed by atoms with E-state index in [4.69, 9.17) is 4.74 Å². The molecule has 2 aromatic rings. The summed E-state index contributed by atoms with van der Waals surface area (Å²) in [6.07, 6.45) is 3.49. The molecule has 0 unspecified atom stereocenters. The summed E-state index contributed by atoms with van der Waals surface area (Å²) in [6.45, 7) is 1.04. The molecule has 0 atom stereocenters. The highest BCUT2D eigenvalue weighted by molar-refractivity contribution is 7.90. The van der Waals surface area contributed by atoms with Gasteiger partial charge in [-0.15, -0.1) is 0 Å². The maximum Gasteiger partial charge on any atom is 0.250 e. The first-order valence-corrected chi connectivity index (χ1v) is 9.75. The lowest BCUT2D eigenvalue weighted by Crippen LogP contribution is -2.39. The second kappa shape index (κ2) is 6.95. The molecule has 1 saturated heterocycles. The van der Waals surface area contributed by atoms with Gasteiger partial charge in [-0.1, -0.05) is 0 Å². The van der Waals surface area contributed by atoms with Crippen molar-refractivity contribution in [1.29, 1.82) is 0 Å². The van der Waals surface area contributed by atoms with Crippen LogP contribution in [0, 0.1) is 11.6 Å². The topological polar surface area (TPSA) is 59.5 Å². The first-order chi connectivity index (χ1) is 11.8. The predicted octanol–water partition coefficient (Wildman–Crippen LogP) is 2.81. The van der Waals surface area contributed by atoms with Crippen LogP contribution in [0.15, 0.2) is 41.4 Å². The number of ether oxygens (including phenoxy) is 1. The minimum atomic E-state index is -3.44. The summed E-state index contributed by atoms with van der Waals surface area (Å²) < 4.78 is 56.4. The number of anilines is 1. The lowest BCUT2D eigenvalue weighted by Gasteiger charge is -2.33. The Morgan fingerprint density at radius 1 is 1.16 bits per heavy atom. The van der Waals surface area contributed by atoms with Gasteiger partial charge in [0.05, 0.1) is 10.6 Å². The molecule has 0 saturated carbocycles. The third-order valence-corrected chi connectivity index (χ3v) is 5.24. The number of aromatic nitrogens is 1. The lowest BCUT2D eigenvalue weighted by molar-refractivity contribution is 0.156. The number of benzene rings is 1. The molecule has 1 aliphatic heterocycles. The fourth-order valence-electron chi connectivity index (χ4n) is 2.81. The second-order valence-electron chi connectivity index (χ2n) is 5.98. The molecule has 0 bridgehead atoms. The van der Waals surface area contributed by atoms with Crippen molar-refractivity contribution in [1.82, 2.24) is 4.98 Å². The van der Waals surface area contributed by atoms with Gasteiger partial charge in [0.2, 0.25) is 0 Å². The van der Waals surface area contributed by atoms with E-state index in [1.54, 1.807) is 0 Å². The second-order valence-corrected chi connectivity index (χ2v) is 8.00. The Morgan fingerprint density at radius 3 is 2.48 bits per heavy atom. The Labute approximate surface area is 145 Å². The van der Waals surface area contributed by atoms with E-state index >= 15 is 0 Å². The smallest absolute Gasteiger partial charge is 0.250 e. The van der Waals surface area contributed by atoms with Crippen molar-refractivity contribution in [2.75, 3.05) is 24.2 Å². The Hall–Kier alpha value is -2.22. The van der Waals surface area contributed by atoms with E-state index in [1.807, 2.05) is 4.90 Å². The summed E-state index contributed by atoms with van der Waals surface area (Å²) in [5.74, 6) is -1.10. The highest BCUT2D eigenvalue weighted by Gasteiger charge is 2.24. The molecule has 8 heteroatoms. The molecule has 1 aromatic carbocycles. The highest BCUT2D eigenvalue weighted by Crippen LogP contribution is 2.27. The van der Waals surface area contributed by atoms with Crippen LogP contribution >= 0.6 is 0 Å². The summed E-state index contributed by atoms with van der Waals surface area (Å²) in [5.41, 5.74) is 0.356. The van der Waals surface area contributed by atoms with Gasteiger partial charge in [-0.05, 0) is 30.3 Å². The van der Waals surface area contributed by atoms with Crippen LogP contribution in [0.25, 0.3) is 0 Å². The lowest BCUT2D eigenvalue weighted by atomic mass is 10.1. The van der Waals surface area contributed by atoms with Gasteiger partial charge in [-0.25, -0.2) is 22.2 Å². The molecule has 1 aromatic heterocycles. The van der Waals surface area contributed by atoms with Crippen molar-refractivity contribution < 1.29 is 21.9 Å². The first kappa shape index (κ1) is 17.6. The van der Waals surface area contributed by atoms with Crippen LogP contribution in [0.4, 0.5) is 14.5 Å². The zero-order valence-corrected chi connectivity index (χ0v) is 14.5. The summed E-state index contributed by atoms with van der Waals surface area (Å²) in [4.78, 5) is 5.65. The molecule has 1 fully saturated rings. The Bertz CT molecular complexity index is 866. The monoisotopic (exact) mass is 368 g/mol. The van der Waals surface area contributed by atoms with Gasteiger partial charge in [-0.2, -0.15) is 0 Å². The van der Waals surface area contributed by atoms with E-state index in [-0.39, 0.29) is 16.9 Å². The van der Waals surface area contributed by atoms with Crippen molar-refractivity contribution >= 4 is 15.5 Å². The van der Waals surface area contributed by atoms with Crippen LogP contribution in [0.1, 0.15) is 12.8 Å². The molecule has 0 amide bonds. The fraction of sp³-hybridized carbons (Fsp3) is 0.353. The zero-order valence-electron chi connectivity index (χ0n) is 13.7. The van der Waals surface area contributed by atoms with E-state index in [2.05, 4.69) is 4.98 Å². The third-order valence-electron chi connectivity index (χ3n) is 4.13. The molecule has 5 nitrogen and oxygen atoms in total. The molecular formula is C17H18F2N2O3S. The number of rotatable bonds is 4. The average Bonchev–Trinajstić information content (AvgIpc) is 2.57. The Kier molecular flexibility index (Phi) is 4.89. The zero-order chi connectivity index (χ0) is 18.0. The van der Waals surface area contributed by atoms with Gasteiger partial charge < -0.3 is 9.64 Å². The molecule has 0 radical (unpaired) electrons. The van der Waals surface area contributed by atoms with Gasteiger partial charge in [0, 0.05) is 38.4 Å². The van der Waals surface area contributed by atoms with Crippen molar-refractivity contribution in [3.05, 3.63) is 48.2 Å². The van der Waals surface area contributed by atoms with Crippen LogP contribution in [0.3, 0.4) is 0 Å². The molecule has 0 spiro atoms. The van der Waals surface area contributed by atoms with Crippen LogP contribution in [0.5, 0.6) is 5.88 Å². The van der Waals surface area contributed by atoms with Crippen molar-refractivity contribution in [2.24, 2.45) is 0 Å². The minimum absolute atomic E-state index is 0.0235. The van der Waals surface area contributed by atoms with E-state index in [0.29, 0.717) is 31.6 Å². The van der Waals surface area contributed by atoms with Crippen LogP contribution in [-0.4, -0.2) is 38.9 Å². The van der Waals surface area contributed by atoms with Crippen molar-refractivity contribution in [3.8, 4) is 5.88 Å².